The van der Waals surface area contributed by atoms with E-state index in [9.17, 15) is 0 Å². The first-order chi connectivity index (χ1) is 8.08. The SMILES string of the molecule is Cc1n[nH]c(C)c1N1CCN(CC(C)C)CC1. The molecule has 4 nitrogen and oxygen atoms in total. The summed E-state index contributed by atoms with van der Waals surface area (Å²) in [7, 11) is 0. The van der Waals surface area contributed by atoms with Crippen molar-refractivity contribution in [3.8, 4) is 0 Å². The Morgan fingerprint density at radius 3 is 2.29 bits per heavy atom. The zero-order valence-electron chi connectivity index (χ0n) is 11.5. The van der Waals surface area contributed by atoms with E-state index in [4.69, 9.17) is 0 Å². The van der Waals surface area contributed by atoms with E-state index < -0.39 is 0 Å². The number of nitrogens with one attached hydrogen (secondary N) is 1. The van der Waals surface area contributed by atoms with Gasteiger partial charge in [-0.25, -0.2) is 0 Å². The molecule has 1 aliphatic rings. The smallest absolute Gasteiger partial charge is 0.0827 e. The van der Waals surface area contributed by atoms with Crippen LogP contribution < -0.4 is 4.90 Å². The average molecular weight is 236 g/mol. The molecule has 96 valence electrons. The van der Waals surface area contributed by atoms with Crippen molar-refractivity contribution in [3.63, 3.8) is 0 Å². The number of hydrogen-bond donors (Lipinski definition) is 1. The Balaban J connectivity index is 1.95. The van der Waals surface area contributed by atoms with Crippen LogP contribution in [0.15, 0.2) is 0 Å². The van der Waals surface area contributed by atoms with E-state index >= 15 is 0 Å². The molecule has 1 fully saturated rings. The van der Waals surface area contributed by atoms with Crippen molar-refractivity contribution in [2.75, 3.05) is 37.6 Å². The molecule has 0 spiro atoms. The Bertz CT molecular complexity index is 342. The van der Waals surface area contributed by atoms with E-state index in [0.29, 0.717) is 0 Å². The lowest BCUT2D eigenvalue weighted by molar-refractivity contribution is 0.231. The number of aromatic nitrogens is 2. The summed E-state index contributed by atoms with van der Waals surface area (Å²) in [5.41, 5.74) is 3.63. The number of aromatic amines is 1. The molecule has 0 aromatic carbocycles. The first-order valence-electron chi connectivity index (χ1n) is 6.56. The second-order valence-electron chi connectivity index (χ2n) is 5.46. The highest BCUT2D eigenvalue weighted by molar-refractivity contribution is 5.54. The van der Waals surface area contributed by atoms with Crippen molar-refractivity contribution < 1.29 is 0 Å². The van der Waals surface area contributed by atoms with E-state index in [2.05, 4.69) is 47.7 Å². The fraction of sp³-hybridized carbons (Fsp3) is 0.769. The van der Waals surface area contributed by atoms with Gasteiger partial charge in [-0.15, -0.1) is 0 Å². The largest absolute Gasteiger partial charge is 0.366 e. The van der Waals surface area contributed by atoms with Crippen LogP contribution in [0, 0.1) is 19.8 Å². The summed E-state index contributed by atoms with van der Waals surface area (Å²) in [4.78, 5) is 5.02. The standard InChI is InChI=1S/C13H24N4/c1-10(2)9-16-5-7-17(8-6-16)13-11(3)14-15-12(13)4/h10H,5-9H2,1-4H3,(H,14,15). The molecule has 0 atom stereocenters. The lowest BCUT2D eigenvalue weighted by Crippen LogP contribution is -2.47. The Kier molecular flexibility index (Phi) is 3.72. The predicted octanol–water partition coefficient (Wildman–Crippen LogP) is 1.80. The van der Waals surface area contributed by atoms with Gasteiger partial charge in [0, 0.05) is 32.7 Å². The van der Waals surface area contributed by atoms with Gasteiger partial charge in [0.15, 0.2) is 0 Å². The molecule has 1 saturated heterocycles. The highest BCUT2D eigenvalue weighted by Crippen LogP contribution is 2.23. The lowest BCUT2D eigenvalue weighted by Gasteiger charge is -2.36. The van der Waals surface area contributed by atoms with Crippen molar-refractivity contribution >= 4 is 5.69 Å². The first kappa shape index (κ1) is 12.4. The third-order valence-corrected chi connectivity index (χ3v) is 3.40. The quantitative estimate of drug-likeness (QED) is 0.869. The van der Waals surface area contributed by atoms with Crippen molar-refractivity contribution in [2.45, 2.75) is 27.7 Å². The molecule has 0 unspecified atom stereocenters. The lowest BCUT2D eigenvalue weighted by atomic mass is 10.1. The summed E-state index contributed by atoms with van der Waals surface area (Å²) < 4.78 is 0. The normalized spacial score (nSPS) is 18.1. The van der Waals surface area contributed by atoms with Crippen LogP contribution in [0.5, 0.6) is 0 Å². The molecule has 17 heavy (non-hydrogen) atoms. The molecular formula is C13H24N4. The minimum atomic E-state index is 0.763. The molecule has 0 bridgehead atoms. The molecule has 4 heteroatoms. The van der Waals surface area contributed by atoms with Gasteiger partial charge in [-0.1, -0.05) is 13.8 Å². The highest BCUT2D eigenvalue weighted by atomic mass is 15.3. The fourth-order valence-electron chi connectivity index (χ4n) is 2.68. The highest BCUT2D eigenvalue weighted by Gasteiger charge is 2.21. The molecule has 1 aromatic rings. The number of H-pyrrole nitrogens is 1. The zero-order valence-corrected chi connectivity index (χ0v) is 11.5. The minimum absolute atomic E-state index is 0.763. The molecule has 2 heterocycles. The molecule has 1 N–H and O–H groups in total. The number of rotatable bonds is 3. The van der Waals surface area contributed by atoms with Crippen LogP contribution >= 0.6 is 0 Å². The van der Waals surface area contributed by atoms with Gasteiger partial charge in [0.2, 0.25) is 0 Å². The van der Waals surface area contributed by atoms with Gasteiger partial charge in [-0.3, -0.25) is 10.00 Å². The molecule has 2 rings (SSSR count). The van der Waals surface area contributed by atoms with Crippen LogP contribution in [0.1, 0.15) is 25.2 Å². The van der Waals surface area contributed by atoms with Crippen LogP contribution in [-0.2, 0) is 0 Å². The van der Waals surface area contributed by atoms with Crippen LogP contribution in [0.25, 0.3) is 0 Å². The van der Waals surface area contributed by atoms with Gasteiger partial charge in [0.25, 0.3) is 0 Å². The summed E-state index contributed by atoms with van der Waals surface area (Å²) in [6.45, 7) is 14.6. The third kappa shape index (κ3) is 2.80. The Morgan fingerprint density at radius 2 is 1.82 bits per heavy atom. The number of aryl methyl sites for hydroxylation is 2. The summed E-state index contributed by atoms with van der Waals surface area (Å²) in [5, 5.41) is 7.35. The maximum absolute atomic E-state index is 4.28. The van der Waals surface area contributed by atoms with E-state index in [1.54, 1.807) is 0 Å². The maximum Gasteiger partial charge on any atom is 0.0827 e. The zero-order chi connectivity index (χ0) is 12.4. The second kappa shape index (κ2) is 5.08. The Labute approximate surface area is 104 Å². The van der Waals surface area contributed by atoms with Crippen molar-refractivity contribution in [2.24, 2.45) is 5.92 Å². The van der Waals surface area contributed by atoms with Crippen LogP contribution in [0.3, 0.4) is 0 Å². The van der Waals surface area contributed by atoms with Crippen LogP contribution in [0.4, 0.5) is 5.69 Å². The molecular weight excluding hydrogens is 212 g/mol. The van der Waals surface area contributed by atoms with Gasteiger partial charge < -0.3 is 4.90 Å². The third-order valence-electron chi connectivity index (χ3n) is 3.40. The molecule has 0 radical (unpaired) electrons. The second-order valence-corrected chi connectivity index (χ2v) is 5.46. The van der Waals surface area contributed by atoms with Gasteiger partial charge in [0.1, 0.15) is 0 Å². The van der Waals surface area contributed by atoms with Crippen molar-refractivity contribution in [1.29, 1.82) is 0 Å². The number of piperazine rings is 1. The molecule has 0 saturated carbocycles. The number of anilines is 1. The van der Waals surface area contributed by atoms with E-state index in [1.807, 2.05) is 0 Å². The van der Waals surface area contributed by atoms with E-state index in [0.717, 1.165) is 24.7 Å². The van der Waals surface area contributed by atoms with Gasteiger partial charge in [-0.2, -0.15) is 5.10 Å². The van der Waals surface area contributed by atoms with Crippen LogP contribution in [0.2, 0.25) is 0 Å². The average Bonchev–Trinajstić information content (AvgIpc) is 2.59. The Hall–Kier alpha value is -1.03. The summed E-state index contributed by atoms with van der Waals surface area (Å²) in [5.74, 6) is 0.763. The molecule has 1 aromatic heterocycles. The maximum atomic E-state index is 4.28. The van der Waals surface area contributed by atoms with E-state index in [-0.39, 0.29) is 0 Å². The molecule has 1 aliphatic heterocycles. The summed E-state index contributed by atoms with van der Waals surface area (Å²) in [6.07, 6.45) is 0. The number of hydrogen-bond acceptors (Lipinski definition) is 3. The topological polar surface area (TPSA) is 35.2 Å². The van der Waals surface area contributed by atoms with Gasteiger partial charge in [-0.05, 0) is 19.8 Å². The van der Waals surface area contributed by atoms with Crippen LogP contribution in [-0.4, -0.2) is 47.8 Å². The van der Waals surface area contributed by atoms with Crippen molar-refractivity contribution in [1.82, 2.24) is 15.1 Å². The summed E-state index contributed by atoms with van der Waals surface area (Å²) >= 11 is 0. The first-order valence-corrected chi connectivity index (χ1v) is 6.56. The predicted molar refractivity (Wildman–Crippen MR) is 71.6 cm³/mol. The minimum Gasteiger partial charge on any atom is -0.366 e. The van der Waals surface area contributed by atoms with Gasteiger partial charge in [0.05, 0.1) is 17.1 Å². The van der Waals surface area contributed by atoms with Gasteiger partial charge >= 0.3 is 0 Å². The fourth-order valence-corrected chi connectivity index (χ4v) is 2.68. The molecule has 0 aliphatic carbocycles. The molecule has 0 amide bonds. The van der Waals surface area contributed by atoms with E-state index in [1.165, 1.54) is 31.0 Å². The number of nitrogens with zero attached hydrogens (tertiary/aromatic N) is 3. The Morgan fingerprint density at radius 1 is 1.18 bits per heavy atom. The monoisotopic (exact) mass is 236 g/mol. The van der Waals surface area contributed by atoms with Crippen molar-refractivity contribution in [3.05, 3.63) is 11.4 Å². The summed E-state index contributed by atoms with van der Waals surface area (Å²) in [6, 6.07) is 0.